The van der Waals surface area contributed by atoms with Crippen molar-refractivity contribution in [3.8, 4) is 0 Å². The minimum atomic E-state index is -0.380. The topological polar surface area (TPSA) is 46.3 Å². The highest BCUT2D eigenvalue weighted by molar-refractivity contribution is 6.09. The van der Waals surface area contributed by atoms with E-state index in [0.717, 1.165) is 5.56 Å². The van der Waals surface area contributed by atoms with Gasteiger partial charge in [0.1, 0.15) is 5.82 Å². The van der Waals surface area contributed by atoms with Crippen LogP contribution >= 0.6 is 0 Å². The van der Waals surface area contributed by atoms with Gasteiger partial charge in [0.2, 0.25) is 0 Å². The van der Waals surface area contributed by atoms with Gasteiger partial charge in [-0.2, -0.15) is 0 Å². The van der Waals surface area contributed by atoms with Gasteiger partial charge in [-0.1, -0.05) is 17.7 Å². The summed E-state index contributed by atoms with van der Waals surface area (Å²) >= 11 is 0. The summed E-state index contributed by atoms with van der Waals surface area (Å²) in [6, 6.07) is 11.2. The van der Waals surface area contributed by atoms with Crippen LogP contribution in [0.2, 0.25) is 0 Å². The minimum Gasteiger partial charge on any atom is -0.398 e. The molecule has 0 unspecified atom stereocenters. The van der Waals surface area contributed by atoms with Crippen molar-refractivity contribution in [3.05, 3.63) is 59.4 Å². The maximum Gasteiger partial charge on any atom is 0.260 e. The Labute approximate surface area is 111 Å². The van der Waals surface area contributed by atoms with E-state index >= 15 is 0 Å². The van der Waals surface area contributed by atoms with Crippen molar-refractivity contribution in [1.82, 2.24) is 0 Å². The van der Waals surface area contributed by atoms with Gasteiger partial charge in [0.25, 0.3) is 5.91 Å². The predicted octanol–water partition coefficient (Wildman–Crippen LogP) is 2.99. The van der Waals surface area contributed by atoms with Crippen molar-refractivity contribution in [2.75, 3.05) is 17.7 Å². The highest BCUT2D eigenvalue weighted by atomic mass is 19.1. The molecule has 1 amide bonds. The molecule has 0 saturated carbocycles. The van der Waals surface area contributed by atoms with E-state index in [-0.39, 0.29) is 11.7 Å². The smallest absolute Gasteiger partial charge is 0.260 e. The molecule has 0 heterocycles. The molecular formula is C15H15FN2O. The first-order valence-electron chi connectivity index (χ1n) is 5.89. The van der Waals surface area contributed by atoms with Crippen LogP contribution in [0.15, 0.2) is 42.5 Å². The molecule has 0 saturated heterocycles. The van der Waals surface area contributed by atoms with Crippen molar-refractivity contribution in [1.29, 1.82) is 0 Å². The largest absolute Gasteiger partial charge is 0.398 e. The fraction of sp³-hybridized carbons (Fsp3) is 0.133. The first kappa shape index (κ1) is 13.1. The molecule has 0 atom stereocenters. The second-order valence-electron chi connectivity index (χ2n) is 4.43. The molecule has 0 bridgehead atoms. The molecule has 98 valence electrons. The van der Waals surface area contributed by atoms with Crippen LogP contribution < -0.4 is 10.6 Å². The van der Waals surface area contributed by atoms with E-state index in [9.17, 15) is 9.18 Å². The summed E-state index contributed by atoms with van der Waals surface area (Å²) in [6.07, 6.45) is 0. The lowest BCUT2D eigenvalue weighted by atomic mass is 10.1. The fourth-order valence-electron chi connectivity index (χ4n) is 1.84. The summed E-state index contributed by atoms with van der Waals surface area (Å²) in [7, 11) is 1.60. The Morgan fingerprint density at radius 2 is 1.95 bits per heavy atom. The molecule has 2 N–H and O–H groups in total. The van der Waals surface area contributed by atoms with E-state index < -0.39 is 0 Å². The number of benzene rings is 2. The molecule has 4 heteroatoms. The lowest BCUT2D eigenvalue weighted by molar-refractivity contribution is 0.0994. The predicted molar refractivity (Wildman–Crippen MR) is 74.7 cm³/mol. The number of carbonyl (C=O) groups is 1. The third-order valence-corrected chi connectivity index (χ3v) is 2.94. The van der Waals surface area contributed by atoms with Crippen LogP contribution in [-0.4, -0.2) is 13.0 Å². The number of anilines is 2. The quantitative estimate of drug-likeness (QED) is 0.842. The van der Waals surface area contributed by atoms with Gasteiger partial charge in [0.05, 0.1) is 5.56 Å². The molecule has 0 spiro atoms. The molecule has 0 radical (unpaired) electrons. The molecule has 0 aliphatic heterocycles. The first-order chi connectivity index (χ1) is 8.99. The molecule has 19 heavy (non-hydrogen) atoms. The second-order valence-corrected chi connectivity index (χ2v) is 4.43. The zero-order valence-corrected chi connectivity index (χ0v) is 10.9. The fourth-order valence-corrected chi connectivity index (χ4v) is 1.84. The number of nitrogen functional groups attached to an aromatic ring is 1. The normalized spacial score (nSPS) is 10.3. The van der Waals surface area contributed by atoms with Gasteiger partial charge >= 0.3 is 0 Å². The SMILES string of the molecule is Cc1ccc(N)c(C(=O)N(C)c2cccc(F)c2)c1. The molecule has 3 nitrogen and oxygen atoms in total. The number of nitrogens with two attached hydrogens (primary N) is 1. The highest BCUT2D eigenvalue weighted by Gasteiger charge is 2.16. The zero-order chi connectivity index (χ0) is 14.0. The Bertz CT molecular complexity index is 625. The lowest BCUT2D eigenvalue weighted by Gasteiger charge is -2.18. The monoisotopic (exact) mass is 258 g/mol. The van der Waals surface area contributed by atoms with E-state index in [1.807, 2.05) is 13.0 Å². The van der Waals surface area contributed by atoms with Crippen LogP contribution in [0.25, 0.3) is 0 Å². The van der Waals surface area contributed by atoms with Crippen molar-refractivity contribution in [2.45, 2.75) is 6.92 Å². The van der Waals surface area contributed by atoms with Crippen LogP contribution in [-0.2, 0) is 0 Å². The van der Waals surface area contributed by atoms with Gasteiger partial charge in [-0.05, 0) is 37.3 Å². The van der Waals surface area contributed by atoms with Crippen LogP contribution in [0, 0.1) is 12.7 Å². The lowest BCUT2D eigenvalue weighted by Crippen LogP contribution is -2.27. The number of aryl methyl sites for hydroxylation is 1. The van der Waals surface area contributed by atoms with Gasteiger partial charge in [0.15, 0.2) is 0 Å². The summed E-state index contributed by atoms with van der Waals surface area (Å²) in [5, 5.41) is 0. The summed E-state index contributed by atoms with van der Waals surface area (Å²) in [5.41, 5.74) is 8.09. The summed E-state index contributed by atoms with van der Waals surface area (Å²) in [4.78, 5) is 13.7. The summed E-state index contributed by atoms with van der Waals surface area (Å²) in [5.74, 6) is -0.638. The van der Waals surface area contributed by atoms with E-state index in [1.54, 1.807) is 31.3 Å². The zero-order valence-electron chi connectivity index (χ0n) is 10.9. The van der Waals surface area contributed by atoms with Crippen molar-refractivity contribution < 1.29 is 9.18 Å². The third-order valence-electron chi connectivity index (χ3n) is 2.94. The van der Waals surface area contributed by atoms with E-state index in [4.69, 9.17) is 5.73 Å². The van der Waals surface area contributed by atoms with E-state index in [2.05, 4.69) is 0 Å². The summed E-state index contributed by atoms with van der Waals surface area (Å²) < 4.78 is 13.2. The summed E-state index contributed by atoms with van der Waals surface area (Å²) in [6.45, 7) is 1.89. The number of hydrogen-bond acceptors (Lipinski definition) is 2. The van der Waals surface area contributed by atoms with Crippen molar-refractivity contribution in [3.63, 3.8) is 0 Å². The van der Waals surface area contributed by atoms with Crippen LogP contribution in [0.3, 0.4) is 0 Å². The molecule has 2 rings (SSSR count). The molecular weight excluding hydrogens is 243 g/mol. The molecule has 2 aromatic rings. The average molecular weight is 258 g/mol. The Kier molecular flexibility index (Phi) is 3.51. The molecule has 0 aliphatic rings. The number of halogens is 1. The van der Waals surface area contributed by atoms with Gasteiger partial charge in [-0.25, -0.2) is 4.39 Å². The van der Waals surface area contributed by atoms with E-state index in [0.29, 0.717) is 16.9 Å². The molecule has 0 fully saturated rings. The van der Waals surface area contributed by atoms with Crippen molar-refractivity contribution in [2.24, 2.45) is 0 Å². The highest BCUT2D eigenvalue weighted by Crippen LogP contribution is 2.20. The molecule has 0 aromatic heterocycles. The second kappa shape index (κ2) is 5.10. The number of nitrogens with zero attached hydrogens (tertiary/aromatic N) is 1. The van der Waals surface area contributed by atoms with Gasteiger partial charge in [-0.15, -0.1) is 0 Å². The third kappa shape index (κ3) is 2.73. The molecule has 2 aromatic carbocycles. The Balaban J connectivity index is 2.36. The van der Waals surface area contributed by atoms with Crippen LogP contribution in [0.1, 0.15) is 15.9 Å². The Morgan fingerprint density at radius 3 is 2.63 bits per heavy atom. The van der Waals surface area contributed by atoms with Gasteiger partial charge in [0, 0.05) is 18.4 Å². The van der Waals surface area contributed by atoms with Gasteiger partial charge < -0.3 is 10.6 Å². The first-order valence-corrected chi connectivity index (χ1v) is 5.89. The average Bonchev–Trinajstić information content (AvgIpc) is 2.40. The van der Waals surface area contributed by atoms with Gasteiger partial charge in [-0.3, -0.25) is 4.79 Å². The maximum absolute atomic E-state index is 13.2. The van der Waals surface area contributed by atoms with Crippen LogP contribution in [0.5, 0.6) is 0 Å². The number of hydrogen-bond donors (Lipinski definition) is 1. The Morgan fingerprint density at radius 1 is 1.21 bits per heavy atom. The number of carbonyl (C=O) groups excluding carboxylic acids is 1. The Hall–Kier alpha value is -2.36. The number of amides is 1. The molecule has 0 aliphatic carbocycles. The standard InChI is InChI=1S/C15H15FN2O/c1-10-6-7-14(17)13(8-10)15(19)18(2)12-5-3-4-11(16)9-12/h3-9H,17H2,1-2H3. The minimum absolute atomic E-state index is 0.258. The maximum atomic E-state index is 13.2. The van der Waals surface area contributed by atoms with E-state index in [1.165, 1.54) is 17.0 Å². The van der Waals surface area contributed by atoms with Crippen molar-refractivity contribution >= 4 is 17.3 Å². The number of rotatable bonds is 2. The van der Waals surface area contributed by atoms with Crippen LogP contribution in [0.4, 0.5) is 15.8 Å².